The third-order valence-corrected chi connectivity index (χ3v) is 1.67. The van der Waals surface area contributed by atoms with Crippen LogP contribution in [0, 0.1) is 0 Å². The fourth-order valence-corrected chi connectivity index (χ4v) is 1.05. The predicted molar refractivity (Wildman–Crippen MR) is 47.8 cm³/mol. The number of hydrogen-bond acceptors (Lipinski definition) is 2. The van der Waals surface area contributed by atoms with Gasteiger partial charge >= 0.3 is 0 Å². The van der Waals surface area contributed by atoms with Gasteiger partial charge in [0, 0.05) is 6.92 Å². The highest BCUT2D eigenvalue weighted by molar-refractivity contribution is 5.77. The van der Waals surface area contributed by atoms with Crippen LogP contribution in [0.2, 0.25) is 0 Å². The Morgan fingerprint density at radius 3 is 2.58 bits per heavy atom. The van der Waals surface area contributed by atoms with E-state index in [1.165, 1.54) is 6.92 Å². The van der Waals surface area contributed by atoms with Crippen molar-refractivity contribution in [1.29, 1.82) is 0 Å². The van der Waals surface area contributed by atoms with Crippen molar-refractivity contribution in [2.45, 2.75) is 45.6 Å². The Bertz CT molecular complexity index is 145. The number of hydrogen-bond donors (Lipinski definition) is 1. The van der Waals surface area contributed by atoms with Crippen molar-refractivity contribution in [3.63, 3.8) is 0 Å². The monoisotopic (exact) mass is 171 g/mol. The van der Waals surface area contributed by atoms with Gasteiger partial charge in [0.2, 0.25) is 5.91 Å². The Morgan fingerprint density at radius 2 is 2.17 bits per heavy atom. The summed E-state index contributed by atoms with van der Waals surface area (Å²) in [6.45, 7) is 3.53. The van der Waals surface area contributed by atoms with E-state index < -0.39 is 0 Å². The SMILES string of the molecule is CCCCC[C@@H](C=O)NC(C)=O. The molecule has 0 unspecified atom stereocenters. The molecule has 0 spiro atoms. The summed E-state index contributed by atoms with van der Waals surface area (Å²) < 4.78 is 0. The van der Waals surface area contributed by atoms with Gasteiger partial charge in [-0.05, 0) is 6.42 Å². The summed E-state index contributed by atoms with van der Waals surface area (Å²) >= 11 is 0. The van der Waals surface area contributed by atoms with Crippen molar-refractivity contribution in [2.24, 2.45) is 0 Å². The molecular weight excluding hydrogens is 154 g/mol. The average Bonchev–Trinajstić information content (AvgIpc) is 2.02. The number of carbonyl (C=O) groups excluding carboxylic acids is 2. The minimum atomic E-state index is -0.283. The first kappa shape index (κ1) is 11.1. The van der Waals surface area contributed by atoms with E-state index in [2.05, 4.69) is 12.2 Å². The summed E-state index contributed by atoms with van der Waals surface area (Å²) in [5.74, 6) is -0.136. The highest BCUT2D eigenvalue weighted by Gasteiger charge is 2.06. The number of carbonyl (C=O) groups is 2. The Balaban J connectivity index is 3.53. The minimum Gasteiger partial charge on any atom is -0.347 e. The molecule has 0 saturated heterocycles. The lowest BCUT2D eigenvalue weighted by Gasteiger charge is -2.09. The van der Waals surface area contributed by atoms with Crippen LogP contribution >= 0.6 is 0 Å². The zero-order chi connectivity index (χ0) is 9.40. The standard InChI is InChI=1S/C9H17NO2/c1-3-4-5-6-9(7-11)10-8(2)12/h7,9H,3-6H2,1-2H3,(H,10,12)/t9-/m0/s1. The molecule has 3 nitrogen and oxygen atoms in total. The fourth-order valence-electron chi connectivity index (χ4n) is 1.05. The van der Waals surface area contributed by atoms with Crippen molar-refractivity contribution in [3.05, 3.63) is 0 Å². The summed E-state index contributed by atoms with van der Waals surface area (Å²) in [6.07, 6.45) is 4.81. The molecule has 3 heteroatoms. The van der Waals surface area contributed by atoms with Crippen LogP contribution in [0.15, 0.2) is 0 Å². The van der Waals surface area contributed by atoms with Crippen molar-refractivity contribution < 1.29 is 9.59 Å². The van der Waals surface area contributed by atoms with Gasteiger partial charge in [-0.1, -0.05) is 26.2 Å². The van der Waals surface area contributed by atoms with E-state index >= 15 is 0 Å². The van der Waals surface area contributed by atoms with Crippen LogP contribution in [-0.2, 0) is 9.59 Å². The smallest absolute Gasteiger partial charge is 0.217 e. The van der Waals surface area contributed by atoms with Crippen LogP contribution in [0.4, 0.5) is 0 Å². The Morgan fingerprint density at radius 1 is 1.50 bits per heavy atom. The van der Waals surface area contributed by atoms with E-state index in [0.29, 0.717) is 0 Å². The molecule has 1 amide bonds. The second-order valence-corrected chi connectivity index (χ2v) is 2.94. The van der Waals surface area contributed by atoms with E-state index in [1.807, 2.05) is 0 Å². The van der Waals surface area contributed by atoms with Gasteiger partial charge in [0.25, 0.3) is 0 Å². The van der Waals surface area contributed by atoms with Gasteiger partial charge in [0.1, 0.15) is 6.29 Å². The molecule has 0 radical (unpaired) electrons. The van der Waals surface area contributed by atoms with Gasteiger partial charge in [-0.15, -0.1) is 0 Å². The average molecular weight is 171 g/mol. The van der Waals surface area contributed by atoms with Crippen molar-refractivity contribution in [3.8, 4) is 0 Å². The molecule has 1 atom stereocenters. The molecule has 0 saturated carbocycles. The van der Waals surface area contributed by atoms with Crippen LogP contribution < -0.4 is 5.32 Å². The quantitative estimate of drug-likeness (QED) is 0.483. The van der Waals surface area contributed by atoms with Gasteiger partial charge in [0.05, 0.1) is 6.04 Å². The van der Waals surface area contributed by atoms with Crippen molar-refractivity contribution in [2.75, 3.05) is 0 Å². The van der Waals surface area contributed by atoms with Crippen LogP contribution in [0.1, 0.15) is 39.5 Å². The predicted octanol–water partition coefficient (Wildman–Crippen LogP) is 1.27. The largest absolute Gasteiger partial charge is 0.347 e. The third kappa shape index (κ3) is 5.89. The number of rotatable bonds is 6. The molecule has 0 aliphatic heterocycles. The first-order valence-electron chi connectivity index (χ1n) is 4.43. The van der Waals surface area contributed by atoms with Crippen LogP contribution in [0.3, 0.4) is 0 Å². The topological polar surface area (TPSA) is 46.2 Å². The molecule has 0 aromatic rings. The van der Waals surface area contributed by atoms with Crippen LogP contribution in [0.25, 0.3) is 0 Å². The lowest BCUT2D eigenvalue weighted by molar-refractivity contribution is -0.122. The molecule has 0 fully saturated rings. The molecule has 0 aliphatic carbocycles. The molecule has 0 rings (SSSR count). The van der Waals surface area contributed by atoms with Gasteiger partial charge in [-0.25, -0.2) is 0 Å². The van der Waals surface area contributed by atoms with E-state index in [-0.39, 0.29) is 11.9 Å². The summed E-state index contributed by atoms with van der Waals surface area (Å²) in [4.78, 5) is 21.0. The molecule has 0 bridgehead atoms. The minimum absolute atomic E-state index is 0.136. The van der Waals surface area contributed by atoms with Gasteiger partial charge in [-0.3, -0.25) is 4.79 Å². The maximum atomic E-state index is 10.6. The second-order valence-electron chi connectivity index (χ2n) is 2.94. The fraction of sp³-hybridized carbons (Fsp3) is 0.778. The number of amides is 1. The van der Waals surface area contributed by atoms with E-state index in [4.69, 9.17) is 0 Å². The molecular formula is C9H17NO2. The van der Waals surface area contributed by atoms with Crippen molar-refractivity contribution >= 4 is 12.2 Å². The molecule has 0 heterocycles. The van der Waals surface area contributed by atoms with E-state index in [0.717, 1.165) is 32.0 Å². The highest BCUT2D eigenvalue weighted by atomic mass is 16.2. The third-order valence-electron chi connectivity index (χ3n) is 1.67. The van der Waals surface area contributed by atoms with Gasteiger partial charge in [-0.2, -0.15) is 0 Å². The number of aldehydes is 1. The Hall–Kier alpha value is -0.860. The first-order valence-corrected chi connectivity index (χ1v) is 4.43. The maximum absolute atomic E-state index is 10.6. The van der Waals surface area contributed by atoms with Gasteiger partial charge < -0.3 is 10.1 Å². The summed E-state index contributed by atoms with van der Waals surface area (Å²) in [5, 5.41) is 2.58. The lowest BCUT2D eigenvalue weighted by Crippen LogP contribution is -2.34. The van der Waals surface area contributed by atoms with Gasteiger partial charge in [0.15, 0.2) is 0 Å². The normalized spacial score (nSPS) is 12.2. The van der Waals surface area contributed by atoms with Crippen LogP contribution in [-0.4, -0.2) is 18.2 Å². The number of unbranched alkanes of at least 4 members (excludes halogenated alkanes) is 2. The highest BCUT2D eigenvalue weighted by Crippen LogP contribution is 2.01. The molecule has 12 heavy (non-hydrogen) atoms. The molecule has 0 aromatic heterocycles. The Labute approximate surface area is 73.5 Å². The lowest BCUT2D eigenvalue weighted by atomic mass is 10.1. The molecule has 1 N–H and O–H groups in total. The van der Waals surface area contributed by atoms with Crippen molar-refractivity contribution in [1.82, 2.24) is 5.32 Å². The summed E-state index contributed by atoms with van der Waals surface area (Å²) in [6, 6.07) is -0.283. The molecule has 70 valence electrons. The zero-order valence-corrected chi connectivity index (χ0v) is 7.80. The second kappa shape index (κ2) is 6.83. The maximum Gasteiger partial charge on any atom is 0.217 e. The Kier molecular flexibility index (Phi) is 6.34. The number of nitrogens with one attached hydrogen (secondary N) is 1. The summed E-state index contributed by atoms with van der Waals surface area (Å²) in [5.41, 5.74) is 0. The van der Waals surface area contributed by atoms with E-state index in [9.17, 15) is 9.59 Å². The molecule has 0 aliphatic rings. The van der Waals surface area contributed by atoms with E-state index in [1.54, 1.807) is 0 Å². The zero-order valence-electron chi connectivity index (χ0n) is 7.80. The summed E-state index contributed by atoms with van der Waals surface area (Å²) in [7, 11) is 0. The molecule has 0 aromatic carbocycles. The van der Waals surface area contributed by atoms with Crippen LogP contribution in [0.5, 0.6) is 0 Å². The first-order chi connectivity index (χ1) is 5.70.